The number of rotatable bonds is 6. The zero-order valence-corrected chi connectivity index (χ0v) is 19.2. The third kappa shape index (κ3) is 5.32. The first-order valence-corrected chi connectivity index (χ1v) is 11.8. The SMILES string of the molecule is Cc1ccc(N2N=C(C(=O)Nc3nnc(SCc4ccc(F)cc4)s3)CCC2=O)cc1Cl. The minimum atomic E-state index is -0.438. The summed E-state index contributed by atoms with van der Waals surface area (Å²) < 4.78 is 13.7. The normalized spacial score (nSPS) is 13.8. The fourth-order valence-corrected chi connectivity index (χ4v) is 4.72. The van der Waals surface area contributed by atoms with Gasteiger partial charge in [-0.2, -0.15) is 5.10 Å². The molecule has 2 heterocycles. The number of anilines is 2. The standard InChI is InChI=1S/C21H17ClFN5O2S2/c1-12-2-7-15(10-16(12)22)28-18(29)9-8-17(27-28)19(30)24-20-25-26-21(32-20)31-11-13-3-5-14(23)6-4-13/h2-7,10H,8-9,11H2,1H3,(H,24,25,30). The van der Waals surface area contributed by atoms with Gasteiger partial charge in [0.15, 0.2) is 4.34 Å². The minimum absolute atomic E-state index is 0.159. The van der Waals surface area contributed by atoms with Crippen LogP contribution in [-0.4, -0.2) is 27.7 Å². The Morgan fingerprint density at radius 3 is 2.75 bits per heavy atom. The number of hydrogen-bond donors (Lipinski definition) is 1. The lowest BCUT2D eigenvalue weighted by Gasteiger charge is -2.23. The van der Waals surface area contributed by atoms with E-state index < -0.39 is 5.91 Å². The molecule has 4 rings (SSSR count). The summed E-state index contributed by atoms with van der Waals surface area (Å²) in [5, 5.41) is 17.0. The van der Waals surface area contributed by atoms with Crippen molar-refractivity contribution >= 4 is 63.0 Å². The lowest BCUT2D eigenvalue weighted by molar-refractivity contribution is -0.118. The molecule has 11 heteroatoms. The molecule has 0 fully saturated rings. The molecule has 7 nitrogen and oxygen atoms in total. The molecule has 1 aliphatic heterocycles. The number of amides is 2. The van der Waals surface area contributed by atoms with E-state index in [0.717, 1.165) is 11.1 Å². The molecule has 0 spiro atoms. The summed E-state index contributed by atoms with van der Waals surface area (Å²) in [5.41, 5.74) is 2.56. The molecule has 2 amide bonds. The summed E-state index contributed by atoms with van der Waals surface area (Å²) in [6.07, 6.45) is 0.387. The zero-order chi connectivity index (χ0) is 22.7. The summed E-state index contributed by atoms with van der Waals surface area (Å²) in [4.78, 5) is 25.0. The van der Waals surface area contributed by atoms with Gasteiger partial charge in [0.25, 0.3) is 5.91 Å². The number of halogens is 2. The molecule has 0 saturated heterocycles. The van der Waals surface area contributed by atoms with Crippen molar-refractivity contribution in [1.29, 1.82) is 0 Å². The van der Waals surface area contributed by atoms with Gasteiger partial charge < -0.3 is 0 Å². The minimum Gasteiger partial charge on any atom is -0.295 e. The Morgan fingerprint density at radius 2 is 2.00 bits per heavy atom. The number of carbonyl (C=O) groups is 2. The second kappa shape index (κ2) is 9.76. The van der Waals surface area contributed by atoms with Crippen molar-refractivity contribution in [1.82, 2.24) is 10.2 Å². The number of aromatic nitrogens is 2. The average molecular weight is 490 g/mol. The first kappa shape index (κ1) is 22.4. The molecule has 3 aromatic rings. The number of carbonyl (C=O) groups excluding carboxylic acids is 2. The van der Waals surface area contributed by atoms with E-state index in [1.54, 1.807) is 30.3 Å². The molecule has 1 aromatic heterocycles. The van der Waals surface area contributed by atoms with E-state index in [0.29, 0.717) is 25.9 Å². The molecule has 0 bridgehead atoms. The highest BCUT2D eigenvalue weighted by Crippen LogP contribution is 2.29. The monoisotopic (exact) mass is 489 g/mol. The van der Waals surface area contributed by atoms with Crippen molar-refractivity contribution in [3.8, 4) is 0 Å². The van der Waals surface area contributed by atoms with Gasteiger partial charge in [-0.3, -0.25) is 14.9 Å². The van der Waals surface area contributed by atoms with E-state index in [-0.39, 0.29) is 30.3 Å². The topological polar surface area (TPSA) is 87.6 Å². The van der Waals surface area contributed by atoms with Crippen LogP contribution in [0.1, 0.15) is 24.0 Å². The van der Waals surface area contributed by atoms with Crippen molar-refractivity contribution in [2.45, 2.75) is 29.9 Å². The Morgan fingerprint density at radius 1 is 1.22 bits per heavy atom. The first-order valence-electron chi connectivity index (χ1n) is 9.58. The second-order valence-electron chi connectivity index (χ2n) is 6.93. The van der Waals surface area contributed by atoms with E-state index in [4.69, 9.17) is 11.6 Å². The predicted octanol–water partition coefficient (Wildman–Crippen LogP) is 5.05. The molecule has 0 saturated carbocycles. The number of thioether (sulfide) groups is 1. The molecular formula is C21H17ClFN5O2S2. The molecule has 0 unspecified atom stereocenters. The van der Waals surface area contributed by atoms with Crippen LogP contribution in [-0.2, 0) is 15.3 Å². The maximum Gasteiger partial charge on any atom is 0.273 e. The summed E-state index contributed by atoms with van der Waals surface area (Å²) in [6.45, 7) is 1.86. The van der Waals surface area contributed by atoms with Gasteiger partial charge >= 0.3 is 0 Å². The lowest BCUT2D eigenvalue weighted by Crippen LogP contribution is -2.36. The molecule has 1 N–H and O–H groups in total. The molecule has 32 heavy (non-hydrogen) atoms. The lowest BCUT2D eigenvalue weighted by atomic mass is 10.1. The quantitative estimate of drug-likeness (QED) is 0.386. The van der Waals surface area contributed by atoms with E-state index >= 15 is 0 Å². The third-order valence-corrected chi connectivity index (χ3v) is 7.05. The van der Waals surface area contributed by atoms with E-state index in [2.05, 4.69) is 20.6 Å². The molecular weight excluding hydrogens is 473 g/mol. The highest BCUT2D eigenvalue weighted by atomic mass is 35.5. The Kier molecular flexibility index (Phi) is 6.83. The summed E-state index contributed by atoms with van der Waals surface area (Å²) in [7, 11) is 0. The number of benzene rings is 2. The Labute approximate surface area is 196 Å². The predicted molar refractivity (Wildman–Crippen MR) is 125 cm³/mol. The summed E-state index contributed by atoms with van der Waals surface area (Å²) >= 11 is 8.83. The largest absolute Gasteiger partial charge is 0.295 e. The maximum atomic E-state index is 13.0. The van der Waals surface area contributed by atoms with Crippen molar-refractivity contribution in [3.63, 3.8) is 0 Å². The van der Waals surface area contributed by atoms with Crippen LogP contribution in [0.2, 0.25) is 5.02 Å². The van der Waals surface area contributed by atoms with Crippen LogP contribution in [0.25, 0.3) is 0 Å². The van der Waals surface area contributed by atoms with Crippen LogP contribution in [0.3, 0.4) is 0 Å². The van der Waals surface area contributed by atoms with Gasteiger partial charge in [0.1, 0.15) is 11.5 Å². The van der Waals surface area contributed by atoms with Crippen LogP contribution in [0.4, 0.5) is 15.2 Å². The Hall–Kier alpha value is -2.82. The van der Waals surface area contributed by atoms with E-state index in [1.165, 1.54) is 40.2 Å². The maximum absolute atomic E-state index is 13.0. The zero-order valence-electron chi connectivity index (χ0n) is 16.8. The number of nitrogens with one attached hydrogen (secondary N) is 1. The first-order chi connectivity index (χ1) is 15.4. The van der Waals surface area contributed by atoms with Gasteiger partial charge in [0, 0.05) is 23.6 Å². The van der Waals surface area contributed by atoms with Crippen LogP contribution >= 0.6 is 34.7 Å². The highest BCUT2D eigenvalue weighted by Gasteiger charge is 2.26. The highest BCUT2D eigenvalue weighted by molar-refractivity contribution is 8.00. The van der Waals surface area contributed by atoms with Gasteiger partial charge in [-0.05, 0) is 42.3 Å². The molecule has 0 radical (unpaired) electrons. The number of hydrogen-bond acceptors (Lipinski definition) is 7. The van der Waals surface area contributed by atoms with Crippen LogP contribution in [0.5, 0.6) is 0 Å². The molecule has 164 valence electrons. The van der Waals surface area contributed by atoms with E-state index in [9.17, 15) is 14.0 Å². The van der Waals surface area contributed by atoms with Crippen molar-refractivity contribution in [2.75, 3.05) is 10.3 Å². The van der Waals surface area contributed by atoms with Crippen molar-refractivity contribution in [2.24, 2.45) is 5.10 Å². The number of nitrogens with zero attached hydrogens (tertiary/aromatic N) is 4. The number of aryl methyl sites for hydroxylation is 1. The Bertz CT molecular complexity index is 1200. The molecule has 2 aromatic carbocycles. The van der Waals surface area contributed by atoms with Crippen molar-refractivity contribution < 1.29 is 14.0 Å². The average Bonchev–Trinajstić information content (AvgIpc) is 3.23. The molecule has 0 aliphatic carbocycles. The number of hydrazone groups is 1. The van der Waals surface area contributed by atoms with Crippen molar-refractivity contribution in [3.05, 3.63) is 64.4 Å². The van der Waals surface area contributed by atoms with Gasteiger partial charge in [-0.25, -0.2) is 9.40 Å². The summed E-state index contributed by atoms with van der Waals surface area (Å²) in [6, 6.07) is 11.4. The fourth-order valence-electron chi connectivity index (χ4n) is 2.85. The van der Waals surface area contributed by atoms with Gasteiger partial charge in [0.05, 0.1) is 5.69 Å². The molecule has 0 atom stereocenters. The third-order valence-electron chi connectivity index (χ3n) is 4.60. The van der Waals surface area contributed by atoms with Crippen LogP contribution in [0, 0.1) is 12.7 Å². The van der Waals surface area contributed by atoms with Crippen LogP contribution < -0.4 is 10.3 Å². The van der Waals surface area contributed by atoms with Gasteiger partial charge in [-0.15, -0.1) is 10.2 Å². The smallest absolute Gasteiger partial charge is 0.273 e. The molecule has 1 aliphatic rings. The van der Waals surface area contributed by atoms with Gasteiger partial charge in [0.2, 0.25) is 11.0 Å². The summed E-state index contributed by atoms with van der Waals surface area (Å²) in [5.74, 6) is -0.328. The second-order valence-corrected chi connectivity index (χ2v) is 9.54. The van der Waals surface area contributed by atoms with Crippen LogP contribution in [0.15, 0.2) is 51.9 Å². The van der Waals surface area contributed by atoms with E-state index in [1.807, 2.05) is 6.92 Å². The fraction of sp³-hybridized carbons (Fsp3) is 0.190. The Balaban J connectivity index is 1.41. The van der Waals surface area contributed by atoms with Gasteiger partial charge in [-0.1, -0.05) is 52.9 Å².